The molecule has 0 saturated carbocycles. The Morgan fingerprint density at radius 3 is 1.94 bits per heavy atom. The zero-order chi connectivity index (χ0) is 22.8. The molecule has 0 fully saturated rings. The molecule has 0 amide bonds. The van der Waals surface area contributed by atoms with Crippen molar-refractivity contribution in [3.8, 4) is 17.6 Å². The van der Waals surface area contributed by atoms with Crippen molar-refractivity contribution in [2.24, 2.45) is 10.2 Å². The number of azo groups is 1. The largest absolute Gasteiger partial charge is 0.494 e. The zero-order valence-electron chi connectivity index (χ0n) is 18.4. The number of halogens is 2. The minimum atomic E-state index is -0.621. The fraction of sp³-hybridized carbons (Fsp3) is 0.259. The summed E-state index contributed by atoms with van der Waals surface area (Å²) in [6.45, 7) is 4.64. The van der Waals surface area contributed by atoms with Crippen LogP contribution in [0.2, 0.25) is 0 Å². The van der Waals surface area contributed by atoms with Crippen LogP contribution in [0.4, 0.5) is 20.2 Å². The molecule has 3 aromatic rings. The highest BCUT2D eigenvalue weighted by Crippen LogP contribution is 2.22. The smallest absolute Gasteiger partial charge is 0.142 e. The van der Waals surface area contributed by atoms with Crippen molar-refractivity contribution in [1.29, 1.82) is 0 Å². The van der Waals surface area contributed by atoms with E-state index in [1.807, 2.05) is 31.2 Å². The first-order valence-corrected chi connectivity index (χ1v) is 10.8. The summed E-state index contributed by atoms with van der Waals surface area (Å²) in [5.74, 6) is 4.98. The topological polar surface area (TPSA) is 34.0 Å². The second-order valence-corrected chi connectivity index (χ2v) is 7.32. The van der Waals surface area contributed by atoms with Crippen LogP contribution in [0.25, 0.3) is 0 Å². The third kappa shape index (κ3) is 6.75. The van der Waals surface area contributed by atoms with Gasteiger partial charge in [0.25, 0.3) is 0 Å². The Balaban J connectivity index is 1.66. The normalized spacial score (nSPS) is 10.8. The number of unbranched alkanes of at least 4 members (excludes halogenated alkanes) is 2. The van der Waals surface area contributed by atoms with Crippen LogP contribution < -0.4 is 4.74 Å². The van der Waals surface area contributed by atoms with Gasteiger partial charge in [-0.3, -0.25) is 0 Å². The lowest BCUT2D eigenvalue weighted by atomic mass is 10.0. The predicted octanol–water partition coefficient (Wildman–Crippen LogP) is 7.91. The number of hydrogen-bond acceptors (Lipinski definition) is 3. The molecule has 0 aliphatic carbocycles. The van der Waals surface area contributed by atoms with Crippen molar-refractivity contribution in [2.75, 3.05) is 6.61 Å². The van der Waals surface area contributed by atoms with E-state index in [2.05, 4.69) is 29.0 Å². The number of aryl methyl sites for hydroxylation is 1. The predicted molar refractivity (Wildman–Crippen MR) is 124 cm³/mol. The highest BCUT2D eigenvalue weighted by atomic mass is 19.1. The quantitative estimate of drug-likeness (QED) is 0.202. The molecule has 3 aromatic carbocycles. The standard InChI is InChI=1S/C27H26F2N2O/c1-3-5-6-7-21-18-26(28)25(27(29)19-21)17-10-20-8-11-22(12-9-20)30-31-23-13-15-24(16-14-23)32-4-2/h8-9,11-16,18-19H,3-7H2,1-2H3. The van der Waals surface area contributed by atoms with Crippen LogP contribution in [0.3, 0.4) is 0 Å². The Morgan fingerprint density at radius 1 is 0.781 bits per heavy atom. The van der Waals surface area contributed by atoms with Crippen molar-refractivity contribution < 1.29 is 13.5 Å². The van der Waals surface area contributed by atoms with Gasteiger partial charge in [0.15, 0.2) is 0 Å². The number of ether oxygens (including phenoxy) is 1. The van der Waals surface area contributed by atoms with Gasteiger partial charge in [0.2, 0.25) is 0 Å². The third-order valence-corrected chi connectivity index (χ3v) is 4.80. The number of nitrogens with zero attached hydrogens (tertiary/aromatic N) is 2. The van der Waals surface area contributed by atoms with Crippen LogP contribution in [0, 0.1) is 23.5 Å². The molecule has 3 nitrogen and oxygen atoms in total. The van der Waals surface area contributed by atoms with E-state index in [0.717, 1.165) is 25.0 Å². The van der Waals surface area contributed by atoms with Crippen LogP contribution in [0.5, 0.6) is 5.75 Å². The summed E-state index contributed by atoms with van der Waals surface area (Å²) < 4.78 is 34.1. The number of hydrogen-bond donors (Lipinski definition) is 0. The Morgan fingerprint density at radius 2 is 1.38 bits per heavy atom. The van der Waals surface area contributed by atoms with E-state index in [1.165, 1.54) is 12.1 Å². The lowest BCUT2D eigenvalue weighted by Crippen LogP contribution is -1.95. The molecular weight excluding hydrogens is 406 g/mol. The Kier molecular flexibility index (Phi) is 8.51. The average Bonchev–Trinajstić information content (AvgIpc) is 2.79. The molecule has 0 unspecified atom stereocenters. The molecule has 164 valence electrons. The van der Waals surface area contributed by atoms with Crippen LogP contribution in [0.15, 0.2) is 70.9 Å². The maximum absolute atomic E-state index is 14.3. The number of benzene rings is 3. The van der Waals surface area contributed by atoms with Gasteiger partial charge < -0.3 is 4.74 Å². The molecule has 0 radical (unpaired) electrons. The first-order chi connectivity index (χ1) is 15.6. The summed E-state index contributed by atoms with van der Waals surface area (Å²) in [5.41, 5.74) is 2.46. The van der Waals surface area contributed by atoms with E-state index < -0.39 is 11.6 Å². The summed E-state index contributed by atoms with van der Waals surface area (Å²) in [5, 5.41) is 8.39. The van der Waals surface area contributed by atoms with Gasteiger partial charge in [0, 0.05) is 5.56 Å². The average molecular weight is 433 g/mol. The Hall–Kier alpha value is -3.52. The van der Waals surface area contributed by atoms with E-state index in [4.69, 9.17) is 4.74 Å². The van der Waals surface area contributed by atoms with Crippen molar-refractivity contribution in [3.05, 3.63) is 89.0 Å². The van der Waals surface area contributed by atoms with E-state index in [-0.39, 0.29) is 5.56 Å². The van der Waals surface area contributed by atoms with Crippen molar-refractivity contribution in [3.63, 3.8) is 0 Å². The van der Waals surface area contributed by atoms with Crippen molar-refractivity contribution in [2.45, 2.75) is 39.5 Å². The summed E-state index contributed by atoms with van der Waals surface area (Å²) in [7, 11) is 0. The van der Waals surface area contributed by atoms with Gasteiger partial charge >= 0.3 is 0 Å². The number of rotatable bonds is 8. The monoisotopic (exact) mass is 432 g/mol. The van der Waals surface area contributed by atoms with E-state index in [0.29, 0.717) is 35.5 Å². The van der Waals surface area contributed by atoms with E-state index >= 15 is 0 Å². The summed E-state index contributed by atoms with van der Waals surface area (Å²) >= 11 is 0. The molecule has 0 aliphatic heterocycles. The first-order valence-electron chi connectivity index (χ1n) is 10.8. The van der Waals surface area contributed by atoms with Gasteiger partial charge in [0.1, 0.15) is 17.4 Å². The summed E-state index contributed by atoms with van der Waals surface area (Å²) in [6.07, 6.45) is 3.70. The van der Waals surface area contributed by atoms with Gasteiger partial charge in [-0.25, -0.2) is 8.78 Å². The SMILES string of the molecule is CCCCCc1cc(F)c(C#Cc2ccc(N=Nc3ccc(OCC)cc3)cc2)c(F)c1. The van der Waals surface area contributed by atoms with Gasteiger partial charge in [-0.15, -0.1) is 0 Å². The molecule has 32 heavy (non-hydrogen) atoms. The highest BCUT2D eigenvalue weighted by Gasteiger charge is 2.09. The minimum Gasteiger partial charge on any atom is -0.494 e. The highest BCUT2D eigenvalue weighted by molar-refractivity contribution is 5.49. The molecule has 0 aromatic heterocycles. The van der Waals surface area contributed by atoms with Crippen molar-refractivity contribution in [1.82, 2.24) is 0 Å². The summed E-state index contributed by atoms with van der Waals surface area (Å²) in [4.78, 5) is 0. The van der Waals surface area contributed by atoms with Gasteiger partial charge in [-0.05, 0) is 86.0 Å². The molecule has 5 heteroatoms. The maximum Gasteiger partial charge on any atom is 0.142 e. The molecule has 0 atom stereocenters. The first kappa shape index (κ1) is 23.1. The third-order valence-electron chi connectivity index (χ3n) is 4.80. The van der Waals surface area contributed by atoms with E-state index in [1.54, 1.807) is 24.3 Å². The second kappa shape index (κ2) is 11.8. The minimum absolute atomic E-state index is 0.205. The van der Waals surface area contributed by atoms with Crippen LogP contribution in [-0.2, 0) is 6.42 Å². The second-order valence-electron chi connectivity index (χ2n) is 7.32. The molecule has 3 rings (SSSR count). The zero-order valence-corrected chi connectivity index (χ0v) is 18.4. The molecule has 0 heterocycles. The maximum atomic E-state index is 14.3. The van der Waals surface area contributed by atoms with Gasteiger partial charge in [-0.1, -0.05) is 31.6 Å². The van der Waals surface area contributed by atoms with Gasteiger partial charge in [0.05, 0.1) is 23.5 Å². The molecular formula is C27H26F2N2O. The van der Waals surface area contributed by atoms with Crippen molar-refractivity contribution >= 4 is 11.4 Å². The Labute approximate surface area is 188 Å². The van der Waals surface area contributed by atoms with E-state index in [9.17, 15) is 8.78 Å². The molecule has 0 spiro atoms. The molecule has 0 bridgehead atoms. The van der Waals surface area contributed by atoms with Crippen LogP contribution in [0.1, 0.15) is 49.8 Å². The lowest BCUT2D eigenvalue weighted by molar-refractivity contribution is 0.340. The molecule has 0 saturated heterocycles. The molecule has 0 aliphatic rings. The van der Waals surface area contributed by atoms with Crippen LogP contribution >= 0.6 is 0 Å². The van der Waals surface area contributed by atoms with Crippen LogP contribution in [-0.4, -0.2) is 6.61 Å². The Bertz CT molecular complexity index is 1090. The fourth-order valence-corrected chi connectivity index (χ4v) is 3.11. The summed E-state index contributed by atoms with van der Waals surface area (Å²) in [6, 6.07) is 17.1. The lowest BCUT2D eigenvalue weighted by Gasteiger charge is -2.04. The molecule has 0 N–H and O–H groups in total. The fourth-order valence-electron chi connectivity index (χ4n) is 3.11. The van der Waals surface area contributed by atoms with Gasteiger partial charge in [-0.2, -0.15) is 10.2 Å².